The van der Waals surface area contributed by atoms with Crippen molar-refractivity contribution in [3.05, 3.63) is 29.8 Å². The molecule has 1 aromatic rings. The van der Waals surface area contributed by atoms with Crippen molar-refractivity contribution in [2.24, 2.45) is 0 Å². The standard InChI is InChI=1S/C17H25N3O2S/c1-4-22-17(21)20-11-9-19(10-12-20)16(23)18-15-8-6-5-7-14(15)13(2)3/h5-8,13H,4,9-12H2,1-3H3,(H,18,23). The van der Waals surface area contributed by atoms with E-state index in [1.54, 1.807) is 4.90 Å². The van der Waals surface area contributed by atoms with Gasteiger partial charge in [-0.15, -0.1) is 0 Å². The van der Waals surface area contributed by atoms with Crippen LogP contribution in [-0.4, -0.2) is 53.8 Å². The smallest absolute Gasteiger partial charge is 0.409 e. The molecule has 6 heteroatoms. The Morgan fingerprint density at radius 1 is 1.22 bits per heavy atom. The molecular formula is C17H25N3O2S. The van der Waals surface area contributed by atoms with Crippen molar-refractivity contribution in [1.29, 1.82) is 0 Å². The fourth-order valence-electron chi connectivity index (χ4n) is 2.62. The van der Waals surface area contributed by atoms with Crippen molar-refractivity contribution in [1.82, 2.24) is 9.80 Å². The van der Waals surface area contributed by atoms with Gasteiger partial charge in [0.25, 0.3) is 0 Å². The summed E-state index contributed by atoms with van der Waals surface area (Å²) in [7, 11) is 0. The number of anilines is 1. The van der Waals surface area contributed by atoms with Gasteiger partial charge in [-0.2, -0.15) is 0 Å². The maximum Gasteiger partial charge on any atom is 0.409 e. The molecule has 5 nitrogen and oxygen atoms in total. The second-order valence-electron chi connectivity index (χ2n) is 5.85. The first-order valence-electron chi connectivity index (χ1n) is 8.09. The minimum Gasteiger partial charge on any atom is -0.450 e. The number of para-hydroxylation sites is 1. The average Bonchev–Trinajstić information content (AvgIpc) is 2.55. The van der Waals surface area contributed by atoms with E-state index in [4.69, 9.17) is 17.0 Å². The molecule has 1 fully saturated rings. The van der Waals surface area contributed by atoms with Crippen molar-refractivity contribution >= 4 is 29.1 Å². The number of nitrogens with one attached hydrogen (secondary N) is 1. The number of benzene rings is 1. The van der Waals surface area contributed by atoms with Gasteiger partial charge in [-0.3, -0.25) is 0 Å². The lowest BCUT2D eigenvalue weighted by atomic mass is 10.0. The molecule has 0 atom stereocenters. The number of carbonyl (C=O) groups excluding carboxylic acids is 1. The van der Waals surface area contributed by atoms with Gasteiger partial charge in [-0.05, 0) is 36.7 Å². The molecule has 1 heterocycles. The molecule has 2 rings (SSSR count). The van der Waals surface area contributed by atoms with Crippen LogP contribution in [0.1, 0.15) is 32.3 Å². The molecule has 1 saturated heterocycles. The fourth-order valence-corrected chi connectivity index (χ4v) is 2.91. The molecule has 0 bridgehead atoms. The van der Waals surface area contributed by atoms with Crippen molar-refractivity contribution in [2.75, 3.05) is 38.1 Å². The lowest BCUT2D eigenvalue weighted by molar-refractivity contribution is 0.0923. The summed E-state index contributed by atoms with van der Waals surface area (Å²) in [5, 5.41) is 4.06. The quantitative estimate of drug-likeness (QED) is 0.859. The second kappa shape index (κ2) is 8.15. The molecule has 0 radical (unpaired) electrons. The highest BCUT2D eigenvalue weighted by atomic mass is 32.1. The number of piperazine rings is 1. The zero-order valence-corrected chi connectivity index (χ0v) is 14.9. The number of carbonyl (C=O) groups is 1. The van der Waals surface area contributed by atoms with E-state index >= 15 is 0 Å². The Balaban J connectivity index is 1.92. The second-order valence-corrected chi connectivity index (χ2v) is 6.23. The van der Waals surface area contributed by atoms with Crippen LogP contribution >= 0.6 is 12.2 Å². The van der Waals surface area contributed by atoms with E-state index < -0.39 is 0 Å². The Hall–Kier alpha value is -1.82. The predicted molar refractivity (Wildman–Crippen MR) is 96.9 cm³/mol. The number of ether oxygens (including phenoxy) is 1. The third kappa shape index (κ3) is 4.58. The highest BCUT2D eigenvalue weighted by Crippen LogP contribution is 2.24. The van der Waals surface area contributed by atoms with Crippen LogP contribution in [0.2, 0.25) is 0 Å². The zero-order valence-electron chi connectivity index (χ0n) is 14.0. The summed E-state index contributed by atoms with van der Waals surface area (Å²) in [5.74, 6) is 0.433. The molecule has 0 saturated carbocycles. The van der Waals surface area contributed by atoms with Crippen LogP contribution in [-0.2, 0) is 4.74 Å². The molecule has 0 aromatic heterocycles. The molecule has 126 valence electrons. The van der Waals surface area contributed by atoms with E-state index in [0.717, 1.165) is 5.69 Å². The number of nitrogens with zero attached hydrogens (tertiary/aromatic N) is 2. The van der Waals surface area contributed by atoms with Crippen LogP contribution in [0.15, 0.2) is 24.3 Å². The van der Waals surface area contributed by atoms with Crippen molar-refractivity contribution in [3.8, 4) is 0 Å². The first kappa shape index (κ1) is 17.5. The minimum atomic E-state index is -0.240. The Morgan fingerprint density at radius 3 is 2.43 bits per heavy atom. The van der Waals surface area contributed by atoms with Gasteiger partial charge >= 0.3 is 6.09 Å². The monoisotopic (exact) mass is 335 g/mol. The fraction of sp³-hybridized carbons (Fsp3) is 0.529. The predicted octanol–water partition coefficient (Wildman–Crippen LogP) is 3.28. The van der Waals surface area contributed by atoms with Gasteiger partial charge in [0, 0.05) is 31.9 Å². The van der Waals surface area contributed by atoms with Crippen molar-refractivity contribution in [3.63, 3.8) is 0 Å². The average molecular weight is 335 g/mol. The summed E-state index contributed by atoms with van der Waals surface area (Å²) < 4.78 is 5.03. The molecule has 1 aromatic carbocycles. The van der Waals surface area contributed by atoms with Crippen LogP contribution < -0.4 is 5.32 Å². The lowest BCUT2D eigenvalue weighted by Gasteiger charge is -2.35. The normalized spacial score (nSPS) is 14.8. The number of rotatable bonds is 3. The molecule has 1 N–H and O–H groups in total. The van der Waals surface area contributed by atoms with Gasteiger partial charge in [0.05, 0.1) is 6.61 Å². The summed E-state index contributed by atoms with van der Waals surface area (Å²) in [6, 6.07) is 8.22. The molecule has 1 amide bonds. The van der Waals surface area contributed by atoms with E-state index in [2.05, 4.69) is 36.2 Å². The Labute approximate surface area is 143 Å². The van der Waals surface area contributed by atoms with Crippen molar-refractivity contribution < 1.29 is 9.53 Å². The van der Waals surface area contributed by atoms with Crippen LogP contribution in [0.5, 0.6) is 0 Å². The number of hydrogen-bond acceptors (Lipinski definition) is 3. The molecule has 0 unspecified atom stereocenters. The van der Waals surface area contributed by atoms with Gasteiger partial charge < -0.3 is 19.9 Å². The highest BCUT2D eigenvalue weighted by molar-refractivity contribution is 7.80. The van der Waals surface area contributed by atoms with Gasteiger partial charge in [0.1, 0.15) is 0 Å². The van der Waals surface area contributed by atoms with Crippen molar-refractivity contribution in [2.45, 2.75) is 26.7 Å². The molecule has 1 aliphatic rings. The summed E-state index contributed by atoms with van der Waals surface area (Å²) in [4.78, 5) is 15.5. The third-order valence-corrected chi connectivity index (χ3v) is 4.28. The van der Waals surface area contributed by atoms with E-state index in [9.17, 15) is 4.79 Å². The molecule has 23 heavy (non-hydrogen) atoms. The lowest BCUT2D eigenvalue weighted by Crippen LogP contribution is -2.51. The van der Waals surface area contributed by atoms with E-state index in [1.807, 2.05) is 19.1 Å². The first-order valence-corrected chi connectivity index (χ1v) is 8.50. The van der Waals surface area contributed by atoms with Gasteiger partial charge in [-0.25, -0.2) is 4.79 Å². The van der Waals surface area contributed by atoms with E-state index in [0.29, 0.717) is 43.8 Å². The number of thiocarbonyl (C=S) groups is 1. The van der Waals surface area contributed by atoms with Gasteiger partial charge in [0.15, 0.2) is 5.11 Å². The Morgan fingerprint density at radius 2 is 1.83 bits per heavy atom. The minimum absolute atomic E-state index is 0.240. The Bertz CT molecular complexity index is 555. The maximum absolute atomic E-state index is 11.7. The molecule has 0 aliphatic carbocycles. The largest absolute Gasteiger partial charge is 0.450 e. The summed E-state index contributed by atoms with van der Waals surface area (Å²) >= 11 is 5.54. The summed E-state index contributed by atoms with van der Waals surface area (Å²) in [5.41, 5.74) is 2.31. The van der Waals surface area contributed by atoms with Gasteiger partial charge in [0.2, 0.25) is 0 Å². The molecule has 1 aliphatic heterocycles. The van der Waals surface area contributed by atoms with Gasteiger partial charge in [-0.1, -0.05) is 32.0 Å². The topological polar surface area (TPSA) is 44.8 Å². The summed E-state index contributed by atoms with van der Waals surface area (Å²) in [6.07, 6.45) is -0.240. The van der Waals surface area contributed by atoms with Crippen LogP contribution in [0.3, 0.4) is 0 Å². The van der Waals surface area contributed by atoms with E-state index in [-0.39, 0.29) is 6.09 Å². The zero-order chi connectivity index (χ0) is 16.8. The third-order valence-electron chi connectivity index (χ3n) is 3.92. The highest BCUT2D eigenvalue weighted by Gasteiger charge is 2.23. The summed E-state index contributed by atoms with van der Waals surface area (Å²) in [6.45, 7) is 9.26. The van der Waals surface area contributed by atoms with Crippen LogP contribution in [0, 0.1) is 0 Å². The number of amides is 1. The van der Waals surface area contributed by atoms with Crippen LogP contribution in [0.25, 0.3) is 0 Å². The number of hydrogen-bond donors (Lipinski definition) is 1. The molecule has 0 spiro atoms. The van der Waals surface area contributed by atoms with Crippen LogP contribution in [0.4, 0.5) is 10.5 Å². The maximum atomic E-state index is 11.7. The Kier molecular flexibility index (Phi) is 6.21. The van der Waals surface area contributed by atoms with E-state index in [1.165, 1.54) is 5.56 Å². The SMILES string of the molecule is CCOC(=O)N1CCN(C(=S)Nc2ccccc2C(C)C)CC1. The first-order chi connectivity index (χ1) is 11.0. The molecular weight excluding hydrogens is 310 g/mol.